The van der Waals surface area contributed by atoms with Gasteiger partial charge in [-0.25, -0.2) is 4.79 Å². The van der Waals surface area contributed by atoms with E-state index in [0.29, 0.717) is 18.4 Å². The van der Waals surface area contributed by atoms with Crippen LogP contribution in [0.1, 0.15) is 45.6 Å². The van der Waals surface area contributed by atoms with Crippen molar-refractivity contribution in [3.63, 3.8) is 0 Å². The van der Waals surface area contributed by atoms with E-state index in [1.807, 2.05) is 13.8 Å². The van der Waals surface area contributed by atoms with Gasteiger partial charge in [0.25, 0.3) is 0 Å². The van der Waals surface area contributed by atoms with Crippen molar-refractivity contribution < 1.29 is 29.1 Å². The smallest absolute Gasteiger partial charge is 0.326 e. The topological polar surface area (TPSA) is 244 Å². The minimum Gasteiger partial charge on any atom is -0.480 e. The van der Waals surface area contributed by atoms with Gasteiger partial charge in [0.1, 0.15) is 18.1 Å². The van der Waals surface area contributed by atoms with Crippen molar-refractivity contribution in [1.29, 1.82) is 0 Å². The second-order valence-corrected chi connectivity index (χ2v) is 9.52. The van der Waals surface area contributed by atoms with Gasteiger partial charge in [-0.3, -0.25) is 24.2 Å². The fourth-order valence-electron chi connectivity index (χ4n) is 3.55. The van der Waals surface area contributed by atoms with Gasteiger partial charge in [0.05, 0.1) is 12.6 Å². The van der Waals surface area contributed by atoms with E-state index >= 15 is 0 Å². The van der Waals surface area contributed by atoms with Crippen molar-refractivity contribution in [2.24, 2.45) is 28.1 Å². The molecule has 0 aliphatic carbocycles. The van der Waals surface area contributed by atoms with E-state index < -0.39 is 53.8 Å². The zero-order valence-corrected chi connectivity index (χ0v) is 23.2. The van der Waals surface area contributed by atoms with Crippen molar-refractivity contribution in [2.75, 3.05) is 13.1 Å². The predicted molar refractivity (Wildman–Crippen MR) is 150 cm³/mol. The van der Waals surface area contributed by atoms with Crippen molar-refractivity contribution >= 4 is 35.6 Å². The maximum Gasteiger partial charge on any atom is 0.326 e. The number of nitrogens with two attached hydrogens (primary N) is 3. The van der Waals surface area contributed by atoms with Gasteiger partial charge in [-0.2, -0.15) is 0 Å². The van der Waals surface area contributed by atoms with E-state index in [4.69, 9.17) is 17.2 Å². The predicted octanol–water partition coefficient (Wildman–Crippen LogP) is -1.67. The highest BCUT2D eigenvalue weighted by Gasteiger charge is 2.28. The fourth-order valence-corrected chi connectivity index (χ4v) is 3.55. The number of amides is 4. The molecule has 1 rings (SSSR count). The van der Waals surface area contributed by atoms with Crippen LogP contribution in [-0.2, 0) is 30.4 Å². The number of rotatable bonds is 17. The Kier molecular flexibility index (Phi) is 14.7. The van der Waals surface area contributed by atoms with Gasteiger partial charge in [0, 0.05) is 13.0 Å². The summed E-state index contributed by atoms with van der Waals surface area (Å²) in [4.78, 5) is 65.9. The van der Waals surface area contributed by atoms with Crippen molar-refractivity contribution in [1.82, 2.24) is 21.3 Å². The molecule has 0 aliphatic rings. The van der Waals surface area contributed by atoms with Crippen molar-refractivity contribution in [2.45, 2.75) is 70.6 Å². The molecule has 14 nitrogen and oxygen atoms in total. The molecule has 4 amide bonds. The summed E-state index contributed by atoms with van der Waals surface area (Å²) in [6.07, 6.45) is 1.12. The Bertz CT molecular complexity index is 1030. The fraction of sp³-hybridized carbons (Fsp3) is 0.538. The zero-order valence-electron chi connectivity index (χ0n) is 23.2. The van der Waals surface area contributed by atoms with Gasteiger partial charge in [-0.15, -0.1) is 0 Å². The molecule has 0 saturated heterocycles. The molecule has 0 aromatic heterocycles. The standard InChI is InChI=1S/C26H42N8O6/c1-4-15(2)21(27)24(38)31-14-20(35)32-16(3)22(36)33-18(11-8-12-30-26(28)29)23(37)34-19(25(39)40)13-17-9-6-5-7-10-17/h5-7,9-10,15-16,18-19,21H,4,8,11-14,27H2,1-3H3,(H,31,38)(H,32,35)(H,33,36)(H,34,37)(H,39,40)(H4,28,29,30)/t15-,16-,18-,19-,21-/m0/s1. The van der Waals surface area contributed by atoms with Crippen LogP contribution < -0.4 is 38.5 Å². The summed E-state index contributed by atoms with van der Waals surface area (Å²) in [6.45, 7) is 4.91. The third-order valence-corrected chi connectivity index (χ3v) is 6.23. The average molecular weight is 563 g/mol. The lowest BCUT2D eigenvalue weighted by Crippen LogP contribution is -2.56. The Hall–Kier alpha value is -4.20. The molecular formula is C26H42N8O6. The number of carbonyl (C=O) groups is 5. The summed E-state index contributed by atoms with van der Waals surface area (Å²) in [5, 5.41) is 19.5. The third kappa shape index (κ3) is 12.6. The Labute approximate surface area is 233 Å². The van der Waals surface area contributed by atoms with Crippen LogP contribution in [0.5, 0.6) is 0 Å². The molecule has 222 valence electrons. The summed E-state index contributed by atoms with van der Waals surface area (Å²) < 4.78 is 0. The molecule has 40 heavy (non-hydrogen) atoms. The van der Waals surface area contributed by atoms with E-state index in [1.165, 1.54) is 6.92 Å². The van der Waals surface area contributed by atoms with E-state index in [2.05, 4.69) is 26.3 Å². The largest absolute Gasteiger partial charge is 0.480 e. The van der Waals surface area contributed by atoms with Crippen molar-refractivity contribution in [3.05, 3.63) is 35.9 Å². The van der Waals surface area contributed by atoms with Crippen LogP contribution in [0, 0.1) is 5.92 Å². The first-order chi connectivity index (χ1) is 18.8. The van der Waals surface area contributed by atoms with Crippen molar-refractivity contribution in [3.8, 4) is 0 Å². The van der Waals surface area contributed by atoms with Gasteiger partial charge < -0.3 is 43.6 Å². The highest BCUT2D eigenvalue weighted by atomic mass is 16.4. The lowest BCUT2D eigenvalue weighted by atomic mass is 9.99. The Morgan fingerprint density at radius 1 is 0.925 bits per heavy atom. The summed E-state index contributed by atoms with van der Waals surface area (Å²) >= 11 is 0. The number of benzene rings is 1. The van der Waals surface area contributed by atoms with Crippen LogP contribution in [0.25, 0.3) is 0 Å². The second kappa shape index (κ2) is 17.4. The molecular weight excluding hydrogens is 520 g/mol. The summed E-state index contributed by atoms with van der Waals surface area (Å²) in [7, 11) is 0. The molecule has 0 saturated carbocycles. The molecule has 0 fully saturated rings. The van der Waals surface area contributed by atoms with Crippen LogP contribution >= 0.6 is 0 Å². The Balaban J connectivity index is 2.82. The van der Waals surface area contributed by atoms with Gasteiger partial charge in [-0.05, 0) is 31.2 Å². The van der Waals surface area contributed by atoms with Gasteiger partial charge >= 0.3 is 5.97 Å². The number of aliphatic carboxylic acids is 1. The number of hydrogen-bond acceptors (Lipinski definition) is 7. The van der Waals surface area contributed by atoms with Crippen LogP contribution in [-0.4, -0.2) is 77.9 Å². The molecule has 1 aromatic carbocycles. The van der Waals surface area contributed by atoms with E-state index in [9.17, 15) is 29.1 Å². The van der Waals surface area contributed by atoms with Crippen LogP contribution in [0.2, 0.25) is 0 Å². The number of nitrogens with zero attached hydrogens (tertiary/aromatic N) is 1. The van der Waals surface area contributed by atoms with Crippen LogP contribution in [0.4, 0.5) is 0 Å². The molecule has 0 spiro atoms. The molecule has 0 bridgehead atoms. The van der Waals surface area contributed by atoms with Gasteiger partial charge in [0.2, 0.25) is 23.6 Å². The molecule has 0 unspecified atom stereocenters. The number of carbonyl (C=O) groups excluding carboxylic acids is 4. The number of aliphatic imine (C=N–C) groups is 1. The number of carboxylic acid groups (broad SMARTS) is 1. The van der Waals surface area contributed by atoms with Gasteiger partial charge in [-0.1, -0.05) is 50.6 Å². The first-order valence-corrected chi connectivity index (χ1v) is 13.1. The number of nitrogens with one attached hydrogen (secondary N) is 4. The number of carboxylic acids is 1. The lowest BCUT2D eigenvalue weighted by Gasteiger charge is -2.23. The quantitative estimate of drug-likeness (QED) is 0.0613. The molecule has 11 N–H and O–H groups in total. The summed E-state index contributed by atoms with van der Waals surface area (Å²) in [6, 6.07) is 4.56. The molecule has 0 radical (unpaired) electrons. The maximum absolute atomic E-state index is 13.1. The van der Waals surface area contributed by atoms with E-state index in [0.717, 1.165) is 0 Å². The summed E-state index contributed by atoms with van der Waals surface area (Å²) in [5.74, 6) is -3.96. The normalized spacial score (nSPS) is 14.4. The van der Waals surface area contributed by atoms with Gasteiger partial charge in [0.15, 0.2) is 5.96 Å². The second-order valence-electron chi connectivity index (χ2n) is 9.52. The highest BCUT2D eigenvalue weighted by Crippen LogP contribution is 2.07. The summed E-state index contributed by atoms with van der Waals surface area (Å²) in [5.41, 5.74) is 17.2. The Morgan fingerprint density at radius 3 is 2.12 bits per heavy atom. The molecule has 14 heteroatoms. The third-order valence-electron chi connectivity index (χ3n) is 6.23. The average Bonchev–Trinajstić information content (AvgIpc) is 2.92. The SMILES string of the molecule is CC[C@H](C)[C@H](N)C(=O)NCC(=O)N[C@@H](C)C(=O)N[C@@H](CCCN=C(N)N)C(=O)N[C@@H](Cc1ccccc1)C(=O)O. The minimum absolute atomic E-state index is 0.0372. The monoisotopic (exact) mass is 562 g/mol. The Morgan fingerprint density at radius 2 is 1.55 bits per heavy atom. The maximum atomic E-state index is 13.1. The molecule has 0 aliphatic heterocycles. The first-order valence-electron chi connectivity index (χ1n) is 13.1. The molecule has 5 atom stereocenters. The van der Waals surface area contributed by atoms with Crippen LogP contribution in [0.15, 0.2) is 35.3 Å². The molecule has 0 heterocycles. The number of guanidine groups is 1. The zero-order chi connectivity index (χ0) is 30.2. The first kappa shape index (κ1) is 33.8. The van der Waals surface area contributed by atoms with E-state index in [-0.39, 0.29) is 37.8 Å². The minimum atomic E-state index is -1.24. The van der Waals surface area contributed by atoms with Crippen LogP contribution in [0.3, 0.4) is 0 Å². The molecule has 1 aromatic rings. The lowest BCUT2D eigenvalue weighted by molar-refractivity contribution is -0.142. The highest BCUT2D eigenvalue weighted by molar-refractivity contribution is 5.94. The number of hydrogen-bond donors (Lipinski definition) is 8. The van der Waals surface area contributed by atoms with E-state index in [1.54, 1.807) is 30.3 Å².